The van der Waals surface area contributed by atoms with Crippen molar-refractivity contribution in [3.63, 3.8) is 0 Å². The molecular weight excluding hydrogens is 587 g/mol. The Morgan fingerprint density at radius 1 is 0.556 bits per heavy atom. The van der Waals surface area contributed by atoms with Crippen LogP contribution in [0, 0.1) is 5.82 Å². The highest BCUT2D eigenvalue weighted by Crippen LogP contribution is 2.52. The Morgan fingerprint density at radius 2 is 1.07 bits per heavy atom. The molecule has 1 aliphatic rings. The maximum atomic E-state index is 14.2. The summed E-state index contributed by atoms with van der Waals surface area (Å²) in [7, 11) is -0.335. The molecule has 0 saturated heterocycles. The molecule has 7 aromatic rings. The third-order valence-electron chi connectivity index (χ3n) is 9.03. The van der Waals surface area contributed by atoms with Gasteiger partial charge < -0.3 is 4.74 Å². The molecule has 217 valence electrons. The molecule has 1 aliphatic heterocycles. The average Bonchev–Trinajstić information content (AvgIpc) is 3.27. The minimum absolute atomic E-state index is 0.205. The van der Waals surface area contributed by atoms with Crippen LogP contribution in [0.5, 0.6) is 5.75 Å². The van der Waals surface area contributed by atoms with Crippen molar-refractivity contribution in [1.82, 2.24) is 0 Å². The number of ether oxygens (including phenoxy) is 1. The lowest BCUT2D eigenvalue weighted by molar-refractivity contribution is 0.415. The monoisotopic (exact) mass is 617 g/mol. The van der Waals surface area contributed by atoms with Crippen LogP contribution in [0.3, 0.4) is 0 Å². The largest absolute Gasteiger partial charge is 0.497 e. The summed E-state index contributed by atoms with van der Waals surface area (Å²) < 4.78 is 19.7. The quantitative estimate of drug-likeness (QED) is 0.108. The zero-order valence-corrected chi connectivity index (χ0v) is 26.9. The molecule has 1 nitrogen and oxygen atoms in total. The van der Waals surface area contributed by atoms with Gasteiger partial charge in [-0.15, -0.1) is 0 Å². The molecule has 0 N–H and O–H groups in total. The summed E-state index contributed by atoms with van der Waals surface area (Å²) in [6.07, 6.45) is 2.02. The van der Waals surface area contributed by atoms with Gasteiger partial charge in [-0.2, -0.15) is 0 Å². The highest BCUT2D eigenvalue weighted by molar-refractivity contribution is 7.64. The van der Waals surface area contributed by atoms with Crippen LogP contribution < -0.4 is 25.6 Å². The number of hydrogen-bond acceptors (Lipinski definition) is 1. The van der Waals surface area contributed by atoms with Gasteiger partial charge in [0.25, 0.3) is 0 Å². The highest BCUT2D eigenvalue weighted by Gasteiger charge is 2.30. The first-order valence-corrected chi connectivity index (χ1v) is 18.5. The Bertz CT molecular complexity index is 2090. The lowest BCUT2D eigenvalue weighted by Gasteiger charge is -2.25. The predicted octanol–water partition coefficient (Wildman–Crippen LogP) is 8.14. The van der Waals surface area contributed by atoms with E-state index in [1.165, 1.54) is 64.7 Å². The van der Waals surface area contributed by atoms with Crippen LogP contribution in [0.4, 0.5) is 4.39 Å². The fourth-order valence-electron chi connectivity index (χ4n) is 6.94. The molecule has 0 aromatic heterocycles. The van der Waals surface area contributed by atoms with Crippen LogP contribution in [0.25, 0.3) is 32.7 Å². The van der Waals surface area contributed by atoms with Gasteiger partial charge in [0.1, 0.15) is 11.6 Å². The van der Waals surface area contributed by atoms with E-state index < -0.39 is 16.7 Å². The predicted molar refractivity (Wildman–Crippen MR) is 191 cm³/mol. The van der Waals surface area contributed by atoms with E-state index in [1.54, 1.807) is 19.2 Å². The first-order chi connectivity index (χ1) is 22.2. The Labute approximate surface area is 266 Å². The van der Waals surface area contributed by atoms with Crippen LogP contribution in [0.2, 0.25) is 0 Å². The lowest BCUT2D eigenvalue weighted by Crippen LogP contribution is -2.56. The van der Waals surface area contributed by atoms with Crippen molar-refractivity contribution in [2.75, 3.05) is 7.11 Å². The second kappa shape index (κ2) is 11.7. The number of fused-ring (bicyclic) bond motifs is 7. The van der Waals surface area contributed by atoms with Gasteiger partial charge in [-0.1, -0.05) is 140 Å². The molecule has 45 heavy (non-hydrogen) atoms. The van der Waals surface area contributed by atoms with E-state index in [0.717, 1.165) is 18.1 Å². The Kier molecular flexibility index (Phi) is 7.29. The van der Waals surface area contributed by atoms with Gasteiger partial charge in [-0.25, -0.2) is 4.39 Å². The number of hydrogen-bond donors (Lipinski definition) is 0. The van der Waals surface area contributed by atoms with E-state index in [1.807, 2.05) is 24.3 Å². The molecule has 0 atom stereocenters. The standard InChI is InChI=1S/C41H31FOPSi/c1-43-33-20-24-35(25-21-33)45(34-22-18-32(42)19-23-34)39-13-7-6-12-38(39)44-26-30-16-14-28-8-2-4-10-36(28)40(30)41-31(27-44)17-15-29-9-3-5-11-37(29)41/h2-25H,26-27H2,1H3. The lowest BCUT2D eigenvalue weighted by atomic mass is 9.88. The second-order valence-electron chi connectivity index (χ2n) is 11.6. The van der Waals surface area contributed by atoms with E-state index in [0.29, 0.717) is 0 Å². The molecule has 1 heterocycles. The molecule has 1 radical (unpaired) electrons. The molecule has 0 spiro atoms. The van der Waals surface area contributed by atoms with E-state index in [9.17, 15) is 4.39 Å². The summed E-state index contributed by atoms with van der Waals surface area (Å²) in [5.74, 6) is 0.636. The molecule has 7 aromatic carbocycles. The smallest absolute Gasteiger partial charge is 0.155 e. The van der Waals surface area contributed by atoms with Crippen molar-refractivity contribution in [3.05, 3.63) is 163 Å². The first-order valence-electron chi connectivity index (χ1n) is 15.3. The minimum atomic E-state index is -1.44. The number of benzene rings is 7. The van der Waals surface area contributed by atoms with Crippen LogP contribution >= 0.6 is 7.92 Å². The van der Waals surface area contributed by atoms with E-state index >= 15 is 0 Å². The zero-order valence-electron chi connectivity index (χ0n) is 25.0. The SMILES string of the molecule is COc1ccc([Si](c2ccc(F)cc2)c2ccccc2P2Cc3ccc4ccccc4c3-c3c(ccc4ccccc34)C2)cc1. The normalized spacial score (nSPS) is 13.0. The third kappa shape index (κ3) is 5.07. The summed E-state index contributed by atoms with van der Waals surface area (Å²) in [5, 5.41) is 10.5. The molecule has 0 fully saturated rings. The second-order valence-corrected chi connectivity index (χ2v) is 16.3. The maximum absolute atomic E-state index is 14.2. The first kappa shape index (κ1) is 27.9. The summed E-state index contributed by atoms with van der Waals surface area (Å²) in [6, 6.07) is 51.7. The van der Waals surface area contributed by atoms with Gasteiger partial charge in [0.05, 0.1) is 7.11 Å². The Morgan fingerprint density at radius 3 is 1.64 bits per heavy atom. The minimum Gasteiger partial charge on any atom is -0.497 e. The number of halogens is 1. The van der Waals surface area contributed by atoms with Crippen molar-refractivity contribution < 1.29 is 9.13 Å². The molecule has 0 aliphatic carbocycles. The Hall–Kier alpha value is -4.56. The molecule has 0 saturated carbocycles. The highest BCUT2D eigenvalue weighted by atomic mass is 31.1. The average molecular weight is 618 g/mol. The van der Waals surface area contributed by atoms with Crippen molar-refractivity contribution in [1.29, 1.82) is 0 Å². The number of methoxy groups -OCH3 is 1. The van der Waals surface area contributed by atoms with Gasteiger partial charge >= 0.3 is 0 Å². The van der Waals surface area contributed by atoms with Crippen molar-refractivity contribution in [3.8, 4) is 16.9 Å². The maximum Gasteiger partial charge on any atom is 0.155 e. The molecule has 0 unspecified atom stereocenters. The molecule has 0 amide bonds. The van der Waals surface area contributed by atoms with E-state index in [2.05, 4.69) is 109 Å². The molecule has 4 heteroatoms. The van der Waals surface area contributed by atoms with Gasteiger partial charge in [-0.3, -0.25) is 0 Å². The summed E-state index contributed by atoms with van der Waals surface area (Å²) in [4.78, 5) is 0. The van der Waals surface area contributed by atoms with Gasteiger partial charge in [0, 0.05) is 0 Å². The topological polar surface area (TPSA) is 9.23 Å². The fraction of sp³-hybridized carbons (Fsp3) is 0.0732. The summed E-state index contributed by atoms with van der Waals surface area (Å²) in [6.45, 7) is 0. The van der Waals surface area contributed by atoms with E-state index in [-0.39, 0.29) is 5.82 Å². The fourth-order valence-corrected chi connectivity index (χ4v) is 12.8. The van der Waals surface area contributed by atoms with E-state index in [4.69, 9.17) is 4.74 Å². The van der Waals surface area contributed by atoms with Crippen LogP contribution in [-0.2, 0) is 12.3 Å². The summed E-state index contributed by atoms with van der Waals surface area (Å²) >= 11 is 0. The van der Waals surface area contributed by atoms with Crippen LogP contribution in [-0.4, -0.2) is 15.9 Å². The Balaban J connectivity index is 1.34. The van der Waals surface area contributed by atoms with Gasteiger partial charge in [0.15, 0.2) is 8.80 Å². The molecule has 0 bridgehead atoms. The van der Waals surface area contributed by atoms with Crippen molar-refractivity contribution in [2.45, 2.75) is 12.3 Å². The molecule has 8 rings (SSSR count). The van der Waals surface area contributed by atoms with Gasteiger partial charge in [-0.05, 0) is 90.9 Å². The molecular formula is C41H31FOPSi. The zero-order chi connectivity index (χ0) is 30.3. The van der Waals surface area contributed by atoms with Crippen molar-refractivity contribution in [2.24, 2.45) is 0 Å². The summed E-state index contributed by atoms with van der Waals surface area (Å²) in [5.41, 5.74) is 5.62. The number of rotatable bonds is 5. The third-order valence-corrected chi connectivity index (χ3v) is 14.6. The van der Waals surface area contributed by atoms with Crippen LogP contribution in [0.1, 0.15) is 11.1 Å². The van der Waals surface area contributed by atoms with Gasteiger partial charge in [0.2, 0.25) is 0 Å². The van der Waals surface area contributed by atoms with Crippen LogP contribution in [0.15, 0.2) is 146 Å². The van der Waals surface area contributed by atoms with Crippen molar-refractivity contribution >= 4 is 59.1 Å².